The van der Waals surface area contributed by atoms with Crippen LogP contribution in [-0.4, -0.2) is 28.3 Å². The second kappa shape index (κ2) is 4.42. The number of carbonyl (C=O) groups is 1. The standard InChI is InChI=1S/C12H17ClN2O2/c1-8-9(11(13)15(2)14-8)7-10(16)12(17-3)5-4-6-12/h4-7H2,1-3H3. The minimum atomic E-state index is -0.564. The Bertz CT molecular complexity index is 444. The van der Waals surface area contributed by atoms with Gasteiger partial charge in [0.25, 0.3) is 0 Å². The Morgan fingerprint density at radius 3 is 2.59 bits per heavy atom. The first kappa shape index (κ1) is 12.6. The Labute approximate surface area is 106 Å². The van der Waals surface area contributed by atoms with Crippen LogP contribution in [0.25, 0.3) is 0 Å². The van der Waals surface area contributed by atoms with Gasteiger partial charge in [0.1, 0.15) is 10.8 Å². The molecule has 0 aliphatic heterocycles. The van der Waals surface area contributed by atoms with E-state index in [0.29, 0.717) is 11.6 Å². The minimum Gasteiger partial charge on any atom is -0.370 e. The average molecular weight is 257 g/mol. The monoisotopic (exact) mass is 256 g/mol. The van der Waals surface area contributed by atoms with E-state index in [0.717, 1.165) is 30.5 Å². The second-order valence-electron chi connectivity index (χ2n) is 4.63. The van der Waals surface area contributed by atoms with Gasteiger partial charge in [0.2, 0.25) is 0 Å². The SMILES string of the molecule is COC1(C(=O)Cc2c(C)nn(C)c2Cl)CCC1. The molecule has 0 bridgehead atoms. The number of aromatic nitrogens is 2. The van der Waals surface area contributed by atoms with Gasteiger partial charge in [-0.1, -0.05) is 11.6 Å². The van der Waals surface area contributed by atoms with Gasteiger partial charge in [-0.25, -0.2) is 0 Å². The van der Waals surface area contributed by atoms with E-state index in [1.165, 1.54) is 0 Å². The Balaban J connectivity index is 2.18. The molecule has 2 rings (SSSR count). The molecular formula is C12H17ClN2O2. The number of Topliss-reactive ketones (excluding diaryl/α,β-unsaturated/α-hetero) is 1. The van der Waals surface area contributed by atoms with Crippen LogP contribution < -0.4 is 0 Å². The molecule has 0 unspecified atom stereocenters. The van der Waals surface area contributed by atoms with Gasteiger partial charge < -0.3 is 4.74 Å². The van der Waals surface area contributed by atoms with Crippen LogP contribution in [0.5, 0.6) is 0 Å². The van der Waals surface area contributed by atoms with Crippen LogP contribution in [0.1, 0.15) is 30.5 Å². The first-order valence-electron chi connectivity index (χ1n) is 5.76. The fraction of sp³-hybridized carbons (Fsp3) is 0.667. The van der Waals surface area contributed by atoms with E-state index in [9.17, 15) is 4.79 Å². The molecule has 1 heterocycles. The summed E-state index contributed by atoms with van der Waals surface area (Å²) in [7, 11) is 3.38. The van der Waals surface area contributed by atoms with E-state index in [-0.39, 0.29) is 5.78 Å². The van der Waals surface area contributed by atoms with Crippen molar-refractivity contribution in [1.29, 1.82) is 0 Å². The van der Waals surface area contributed by atoms with E-state index >= 15 is 0 Å². The third-order valence-electron chi connectivity index (χ3n) is 3.67. The fourth-order valence-corrected chi connectivity index (χ4v) is 2.53. The number of aryl methyl sites for hydroxylation is 2. The Hall–Kier alpha value is -0.870. The van der Waals surface area contributed by atoms with Gasteiger partial charge in [0.05, 0.1) is 5.69 Å². The van der Waals surface area contributed by atoms with Crippen LogP contribution in [0.2, 0.25) is 5.15 Å². The van der Waals surface area contributed by atoms with Crippen molar-refractivity contribution in [1.82, 2.24) is 9.78 Å². The molecule has 94 valence electrons. The third-order valence-corrected chi connectivity index (χ3v) is 4.14. The van der Waals surface area contributed by atoms with Crippen molar-refractivity contribution >= 4 is 17.4 Å². The molecule has 0 aromatic carbocycles. The molecule has 0 N–H and O–H groups in total. The Morgan fingerprint density at radius 1 is 1.59 bits per heavy atom. The van der Waals surface area contributed by atoms with Crippen LogP contribution in [0.3, 0.4) is 0 Å². The number of halogens is 1. The fourth-order valence-electron chi connectivity index (χ4n) is 2.29. The van der Waals surface area contributed by atoms with Gasteiger partial charge in [-0.3, -0.25) is 9.48 Å². The van der Waals surface area contributed by atoms with Crippen LogP contribution in [0, 0.1) is 6.92 Å². The molecule has 1 saturated carbocycles. The number of carbonyl (C=O) groups excluding carboxylic acids is 1. The lowest BCUT2D eigenvalue weighted by Crippen LogP contribution is -2.47. The van der Waals surface area contributed by atoms with Gasteiger partial charge in [-0.05, 0) is 26.2 Å². The quantitative estimate of drug-likeness (QED) is 0.828. The van der Waals surface area contributed by atoms with Crippen molar-refractivity contribution in [3.63, 3.8) is 0 Å². The molecular weight excluding hydrogens is 240 g/mol. The van der Waals surface area contributed by atoms with Crippen LogP contribution in [0.4, 0.5) is 0 Å². The first-order valence-corrected chi connectivity index (χ1v) is 6.14. The normalized spacial score (nSPS) is 17.9. The van der Waals surface area contributed by atoms with Crippen molar-refractivity contribution in [2.45, 2.75) is 38.2 Å². The van der Waals surface area contributed by atoms with Crippen molar-refractivity contribution in [2.24, 2.45) is 7.05 Å². The molecule has 0 radical (unpaired) electrons. The molecule has 5 heteroatoms. The lowest BCUT2D eigenvalue weighted by atomic mass is 9.75. The van der Waals surface area contributed by atoms with Gasteiger partial charge in [-0.15, -0.1) is 0 Å². The summed E-state index contributed by atoms with van der Waals surface area (Å²) in [6.45, 7) is 1.87. The summed E-state index contributed by atoms with van der Waals surface area (Å²) in [5.41, 5.74) is 1.07. The highest BCUT2D eigenvalue weighted by Gasteiger charge is 2.44. The topological polar surface area (TPSA) is 44.1 Å². The number of hydrogen-bond acceptors (Lipinski definition) is 3. The van der Waals surface area contributed by atoms with E-state index in [2.05, 4.69) is 5.10 Å². The smallest absolute Gasteiger partial charge is 0.169 e. The molecule has 1 aliphatic carbocycles. The number of methoxy groups -OCH3 is 1. The van der Waals surface area contributed by atoms with Crippen LogP contribution >= 0.6 is 11.6 Å². The van der Waals surface area contributed by atoms with Crippen molar-refractivity contribution in [2.75, 3.05) is 7.11 Å². The summed E-state index contributed by atoms with van der Waals surface area (Å²) in [5.74, 6) is 0.115. The molecule has 1 aliphatic rings. The molecule has 0 saturated heterocycles. The van der Waals surface area contributed by atoms with Crippen LogP contribution in [0.15, 0.2) is 0 Å². The summed E-state index contributed by atoms with van der Waals surface area (Å²) in [5, 5.41) is 4.75. The summed E-state index contributed by atoms with van der Waals surface area (Å²) >= 11 is 6.12. The summed E-state index contributed by atoms with van der Waals surface area (Å²) < 4.78 is 6.97. The van der Waals surface area contributed by atoms with E-state index in [1.807, 2.05) is 6.92 Å². The van der Waals surface area contributed by atoms with Gasteiger partial charge in [-0.2, -0.15) is 5.10 Å². The molecule has 0 atom stereocenters. The maximum Gasteiger partial charge on any atom is 0.169 e. The third kappa shape index (κ3) is 2.00. The summed E-state index contributed by atoms with van der Waals surface area (Å²) in [6, 6.07) is 0. The lowest BCUT2D eigenvalue weighted by molar-refractivity contribution is -0.151. The first-order chi connectivity index (χ1) is 8.00. The number of rotatable bonds is 4. The number of hydrogen-bond donors (Lipinski definition) is 0. The zero-order valence-electron chi connectivity index (χ0n) is 10.4. The molecule has 1 fully saturated rings. The second-order valence-corrected chi connectivity index (χ2v) is 4.99. The molecule has 0 spiro atoms. The van der Waals surface area contributed by atoms with Crippen molar-refractivity contribution in [3.8, 4) is 0 Å². The average Bonchev–Trinajstić information content (AvgIpc) is 2.44. The van der Waals surface area contributed by atoms with Gasteiger partial charge in [0, 0.05) is 26.1 Å². The maximum atomic E-state index is 12.2. The number of ether oxygens (including phenoxy) is 1. The lowest BCUT2D eigenvalue weighted by Gasteiger charge is -2.38. The molecule has 17 heavy (non-hydrogen) atoms. The highest BCUT2D eigenvalue weighted by atomic mass is 35.5. The summed E-state index contributed by atoms with van der Waals surface area (Å²) in [4.78, 5) is 12.2. The highest BCUT2D eigenvalue weighted by molar-refractivity contribution is 6.30. The minimum absolute atomic E-state index is 0.115. The van der Waals surface area contributed by atoms with E-state index in [1.54, 1.807) is 18.8 Å². The van der Waals surface area contributed by atoms with E-state index in [4.69, 9.17) is 16.3 Å². The van der Waals surface area contributed by atoms with E-state index < -0.39 is 5.60 Å². The maximum absolute atomic E-state index is 12.2. The molecule has 4 nitrogen and oxygen atoms in total. The Kier molecular flexibility index (Phi) is 3.27. The largest absolute Gasteiger partial charge is 0.370 e. The predicted molar refractivity (Wildman–Crippen MR) is 65.3 cm³/mol. The number of nitrogens with zero attached hydrogens (tertiary/aromatic N) is 2. The van der Waals surface area contributed by atoms with Gasteiger partial charge in [0.15, 0.2) is 5.78 Å². The molecule has 1 aromatic heterocycles. The van der Waals surface area contributed by atoms with Gasteiger partial charge >= 0.3 is 0 Å². The zero-order chi connectivity index (χ0) is 12.6. The number of ketones is 1. The van der Waals surface area contributed by atoms with Crippen molar-refractivity contribution < 1.29 is 9.53 Å². The van der Waals surface area contributed by atoms with Crippen LogP contribution in [-0.2, 0) is 23.0 Å². The predicted octanol–water partition coefficient (Wildman–Crippen LogP) is 2.06. The highest BCUT2D eigenvalue weighted by Crippen LogP contribution is 2.37. The molecule has 1 aromatic rings. The Morgan fingerprint density at radius 2 is 2.24 bits per heavy atom. The molecule has 0 amide bonds. The zero-order valence-corrected chi connectivity index (χ0v) is 11.2. The van der Waals surface area contributed by atoms with Crippen molar-refractivity contribution in [3.05, 3.63) is 16.4 Å². The summed E-state index contributed by atoms with van der Waals surface area (Å²) in [6.07, 6.45) is 3.00.